The predicted molar refractivity (Wildman–Crippen MR) is 101 cm³/mol. The average Bonchev–Trinajstić information content (AvgIpc) is 3.06. The molecule has 0 saturated carbocycles. The van der Waals surface area contributed by atoms with Gasteiger partial charge in [0.15, 0.2) is 11.6 Å². The lowest BCUT2D eigenvalue weighted by atomic mass is 10.0. The number of rotatable bonds is 4. The van der Waals surface area contributed by atoms with Crippen LogP contribution in [0.25, 0.3) is 0 Å². The molecule has 0 spiro atoms. The monoisotopic (exact) mass is 383 g/mol. The first kappa shape index (κ1) is 18.3. The summed E-state index contributed by atoms with van der Waals surface area (Å²) in [6.45, 7) is 1.98. The van der Waals surface area contributed by atoms with Crippen LogP contribution in [0.15, 0.2) is 60.8 Å². The molecule has 1 aromatic heterocycles. The maximum absolute atomic E-state index is 13.7. The highest BCUT2D eigenvalue weighted by molar-refractivity contribution is 5.39. The molecule has 5 nitrogen and oxygen atoms in total. The molecule has 0 fully saturated rings. The number of nitro groups is 1. The van der Waals surface area contributed by atoms with Gasteiger partial charge in [-0.25, -0.2) is 8.78 Å². The van der Waals surface area contributed by atoms with Crippen molar-refractivity contribution < 1.29 is 13.7 Å². The number of hydrogen-bond donors (Lipinski definition) is 0. The largest absolute Gasteiger partial charge is 0.350 e. The van der Waals surface area contributed by atoms with E-state index in [2.05, 4.69) is 9.47 Å². The van der Waals surface area contributed by atoms with Crippen molar-refractivity contribution in [1.82, 2.24) is 9.47 Å². The minimum atomic E-state index is -0.873. The third-order valence-corrected chi connectivity index (χ3v) is 5.12. The molecule has 3 aromatic rings. The minimum absolute atomic E-state index is 0.0348. The summed E-state index contributed by atoms with van der Waals surface area (Å²) in [6.07, 6.45) is 2.89. The number of nitrogens with zero attached hydrogens (tertiary/aromatic N) is 3. The first-order chi connectivity index (χ1) is 13.5. The van der Waals surface area contributed by atoms with E-state index in [9.17, 15) is 18.9 Å². The van der Waals surface area contributed by atoms with Crippen molar-refractivity contribution in [1.29, 1.82) is 0 Å². The zero-order valence-electron chi connectivity index (χ0n) is 15.1. The number of aromatic nitrogens is 1. The molecule has 7 heteroatoms. The van der Waals surface area contributed by atoms with E-state index in [4.69, 9.17) is 0 Å². The Labute approximate surface area is 161 Å². The predicted octanol–water partition coefficient (Wildman–Crippen LogP) is 4.67. The molecule has 0 N–H and O–H groups in total. The van der Waals surface area contributed by atoms with Gasteiger partial charge in [0.05, 0.1) is 11.0 Å². The second-order valence-corrected chi connectivity index (χ2v) is 6.95. The smallest absolute Gasteiger partial charge is 0.269 e. The molecule has 0 bridgehead atoms. The Balaban J connectivity index is 1.76. The van der Waals surface area contributed by atoms with Gasteiger partial charge in [0, 0.05) is 43.7 Å². The molecule has 1 aliphatic rings. The van der Waals surface area contributed by atoms with Gasteiger partial charge in [-0.3, -0.25) is 15.0 Å². The number of fused-ring (bicyclic) bond motifs is 1. The van der Waals surface area contributed by atoms with Crippen molar-refractivity contribution in [3.8, 4) is 0 Å². The molecule has 1 aliphatic heterocycles. The molecule has 0 saturated heterocycles. The van der Waals surface area contributed by atoms with Gasteiger partial charge < -0.3 is 4.57 Å². The molecule has 2 aromatic carbocycles. The lowest BCUT2D eigenvalue weighted by Crippen LogP contribution is -2.29. The summed E-state index contributed by atoms with van der Waals surface area (Å²) in [7, 11) is 0. The van der Waals surface area contributed by atoms with Gasteiger partial charge >= 0.3 is 0 Å². The Bertz CT molecular complexity index is 1020. The molecule has 2 heterocycles. The Morgan fingerprint density at radius 2 is 1.89 bits per heavy atom. The van der Waals surface area contributed by atoms with Gasteiger partial charge in [0.1, 0.15) is 0 Å². The van der Waals surface area contributed by atoms with Crippen molar-refractivity contribution in [2.75, 3.05) is 6.54 Å². The standard InChI is InChI=1S/C21H19F2N3O2/c22-18-8-7-15(12-19(18)23)14-25-11-3-10-24-9-2-6-20(24)21(25)16-4-1-5-17(13-16)26(27)28/h1-2,4-9,12-13,21H,3,10-11,14H2/t21-/m1/s1. The van der Waals surface area contributed by atoms with Gasteiger partial charge in [0.25, 0.3) is 5.69 Å². The zero-order valence-corrected chi connectivity index (χ0v) is 15.1. The maximum atomic E-state index is 13.7. The summed E-state index contributed by atoms with van der Waals surface area (Å²) in [5, 5.41) is 11.3. The number of hydrogen-bond acceptors (Lipinski definition) is 3. The van der Waals surface area contributed by atoms with Gasteiger partial charge in [-0.05, 0) is 41.8 Å². The van der Waals surface area contributed by atoms with Crippen LogP contribution in [0.3, 0.4) is 0 Å². The molecule has 0 unspecified atom stereocenters. The fourth-order valence-corrected chi connectivity index (χ4v) is 3.87. The highest BCUT2D eigenvalue weighted by Crippen LogP contribution is 2.34. The fourth-order valence-electron chi connectivity index (χ4n) is 3.87. The van der Waals surface area contributed by atoms with Gasteiger partial charge in [-0.15, -0.1) is 0 Å². The first-order valence-electron chi connectivity index (χ1n) is 9.10. The Morgan fingerprint density at radius 1 is 1.04 bits per heavy atom. The number of benzene rings is 2. The topological polar surface area (TPSA) is 51.3 Å². The Morgan fingerprint density at radius 3 is 2.68 bits per heavy atom. The van der Waals surface area contributed by atoms with E-state index >= 15 is 0 Å². The Kier molecular flexibility index (Phi) is 4.92. The first-order valence-corrected chi connectivity index (χ1v) is 9.10. The van der Waals surface area contributed by atoms with Crippen LogP contribution in [-0.2, 0) is 13.1 Å². The van der Waals surface area contributed by atoms with Crippen LogP contribution in [0.5, 0.6) is 0 Å². The quantitative estimate of drug-likeness (QED) is 0.486. The van der Waals surface area contributed by atoms with Crippen molar-refractivity contribution in [2.45, 2.75) is 25.6 Å². The van der Waals surface area contributed by atoms with Gasteiger partial charge in [-0.1, -0.05) is 18.2 Å². The van der Waals surface area contributed by atoms with E-state index < -0.39 is 16.6 Å². The van der Waals surface area contributed by atoms with E-state index in [0.717, 1.165) is 36.8 Å². The lowest BCUT2D eigenvalue weighted by Gasteiger charge is -2.30. The highest BCUT2D eigenvalue weighted by atomic mass is 19.2. The number of halogens is 2. The van der Waals surface area contributed by atoms with Crippen molar-refractivity contribution >= 4 is 5.69 Å². The second kappa shape index (κ2) is 7.52. The number of non-ortho nitro benzene ring substituents is 1. The van der Waals surface area contributed by atoms with Crippen LogP contribution in [0.1, 0.15) is 29.3 Å². The van der Waals surface area contributed by atoms with E-state index in [1.165, 1.54) is 12.1 Å². The minimum Gasteiger partial charge on any atom is -0.350 e. The fraction of sp³-hybridized carbons (Fsp3) is 0.238. The summed E-state index contributed by atoms with van der Waals surface area (Å²) in [6, 6.07) is 14.3. The van der Waals surface area contributed by atoms with Crippen molar-refractivity contribution in [3.05, 3.63) is 99.4 Å². The summed E-state index contributed by atoms with van der Waals surface area (Å²) in [5.41, 5.74) is 2.53. The maximum Gasteiger partial charge on any atom is 0.269 e. The van der Waals surface area contributed by atoms with Crippen LogP contribution >= 0.6 is 0 Å². The van der Waals surface area contributed by atoms with Crippen LogP contribution in [0, 0.1) is 21.7 Å². The zero-order chi connectivity index (χ0) is 19.7. The lowest BCUT2D eigenvalue weighted by molar-refractivity contribution is -0.384. The van der Waals surface area contributed by atoms with Crippen LogP contribution in [-0.4, -0.2) is 20.9 Å². The number of nitro benzene ring substituents is 1. The van der Waals surface area contributed by atoms with Crippen molar-refractivity contribution in [3.63, 3.8) is 0 Å². The van der Waals surface area contributed by atoms with E-state index in [1.807, 2.05) is 24.4 Å². The SMILES string of the molecule is O=[N+]([O-])c1cccc([C@@H]2c3cccn3CCCN2Cc2ccc(F)c(F)c2)c1. The highest BCUT2D eigenvalue weighted by Gasteiger charge is 2.28. The molecular formula is C21H19F2N3O2. The third-order valence-electron chi connectivity index (χ3n) is 5.12. The molecule has 0 amide bonds. The summed E-state index contributed by atoms with van der Waals surface area (Å²) >= 11 is 0. The summed E-state index contributed by atoms with van der Waals surface area (Å²) in [5.74, 6) is -1.74. The van der Waals surface area contributed by atoms with E-state index in [1.54, 1.807) is 18.2 Å². The summed E-state index contributed by atoms with van der Waals surface area (Å²) < 4.78 is 29.1. The Hall–Kier alpha value is -3.06. The molecule has 1 atom stereocenters. The van der Waals surface area contributed by atoms with Gasteiger partial charge in [-0.2, -0.15) is 0 Å². The second-order valence-electron chi connectivity index (χ2n) is 6.95. The average molecular weight is 383 g/mol. The number of aryl methyl sites for hydroxylation is 1. The molecular weight excluding hydrogens is 364 g/mol. The molecule has 28 heavy (non-hydrogen) atoms. The van der Waals surface area contributed by atoms with Crippen LogP contribution < -0.4 is 0 Å². The molecule has 0 aliphatic carbocycles. The third kappa shape index (κ3) is 3.53. The molecule has 4 rings (SSSR count). The van der Waals surface area contributed by atoms with E-state index in [-0.39, 0.29) is 11.7 Å². The molecule has 0 radical (unpaired) electrons. The molecule has 144 valence electrons. The van der Waals surface area contributed by atoms with Crippen LogP contribution in [0.2, 0.25) is 0 Å². The van der Waals surface area contributed by atoms with E-state index in [0.29, 0.717) is 12.1 Å². The normalized spacial score (nSPS) is 17.1. The van der Waals surface area contributed by atoms with Crippen molar-refractivity contribution in [2.24, 2.45) is 0 Å². The van der Waals surface area contributed by atoms with Gasteiger partial charge in [0.2, 0.25) is 0 Å². The van der Waals surface area contributed by atoms with Crippen LogP contribution in [0.4, 0.5) is 14.5 Å². The summed E-state index contributed by atoms with van der Waals surface area (Å²) in [4.78, 5) is 13.0.